The van der Waals surface area contributed by atoms with Gasteiger partial charge in [-0.3, -0.25) is 0 Å². The summed E-state index contributed by atoms with van der Waals surface area (Å²) in [5, 5.41) is 10.2. The van der Waals surface area contributed by atoms with Crippen LogP contribution in [0.2, 0.25) is 0 Å². The molecule has 3 rings (SSSR count). The van der Waals surface area contributed by atoms with Crippen LogP contribution in [0, 0.1) is 11.3 Å². The number of nitrogens with zero attached hydrogens (tertiary/aromatic N) is 4. The Labute approximate surface area is 117 Å². The molecule has 0 amide bonds. The molecule has 90 valence electrons. The van der Waals surface area contributed by atoms with E-state index < -0.39 is 0 Å². The van der Waals surface area contributed by atoms with Gasteiger partial charge in [-0.25, -0.2) is 15.0 Å². The second-order valence-electron chi connectivity index (χ2n) is 3.92. The fourth-order valence-corrected chi connectivity index (χ4v) is 2.31. The minimum absolute atomic E-state index is 0.370. The van der Waals surface area contributed by atoms with E-state index in [0.717, 1.165) is 22.0 Å². The average molecular weight is 311 g/mol. The highest BCUT2D eigenvalue weighted by atomic mass is 79.9. The van der Waals surface area contributed by atoms with Crippen LogP contribution in [0.3, 0.4) is 0 Å². The first-order chi connectivity index (χ1) is 9.29. The molecule has 0 radical (unpaired) electrons. The third-order valence-electron chi connectivity index (χ3n) is 2.78. The highest BCUT2D eigenvalue weighted by Gasteiger charge is 2.12. The summed E-state index contributed by atoms with van der Waals surface area (Å²) in [6.07, 6.45) is 3.12. The zero-order valence-corrected chi connectivity index (χ0v) is 11.3. The van der Waals surface area contributed by atoms with E-state index in [-0.39, 0.29) is 0 Å². The third-order valence-corrected chi connectivity index (χ3v) is 3.42. The Hall–Kier alpha value is -2.32. The number of benzene rings is 1. The molecule has 0 fully saturated rings. The Morgan fingerprint density at radius 3 is 2.79 bits per heavy atom. The summed E-state index contributed by atoms with van der Waals surface area (Å²) >= 11 is 3.37. The molecule has 4 nitrogen and oxygen atoms in total. The van der Waals surface area contributed by atoms with Gasteiger partial charge in [0.25, 0.3) is 0 Å². The molecule has 0 atom stereocenters. The number of pyridine rings is 1. The van der Waals surface area contributed by atoms with Gasteiger partial charge >= 0.3 is 0 Å². The van der Waals surface area contributed by atoms with Crippen LogP contribution in [0.25, 0.3) is 22.0 Å². The Balaban J connectivity index is 2.35. The smallest absolute Gasteiger partial charge is 0.149 e. The topological polar surface area (TPSA) is 62.5 Å². The van der Waals surface area contributed by atoms with Crippen molar-refractivity contribution in [3.8, 4) is 17.2 Å². The molecule has 0 N–H and O–H groups in total. The molecule has 0 aliphatic carbocycles. The van der Waals surface area contributed by atoms with Gasteiger partial charge in [-0.1, -0.05) is 18.2 Å². The van der Waals surface area contributed by atoms with Crippen molar-refractivity contribution in [1.82, 2.24) is 15.0 Å². The minimum Gasteiger partial charge on any atom is -0.244 e. The van der Waals surface area contributed by atoms with Crippen LogP contribution in [0.1, 0.15) is 5.69 Å². The SMILES string of the molecule is N#Cc1nc2ccccc2cc1-c1cncnc1Br. The van der Waals surface area contributed by atoms with Crippen LogP contribution in [0.4, 0.5) is 0 Å². The van der Waals surface area contributed by atoms with E-state index in [0.29, 0.717) is 10.3 Å². The van der Waals surface area contributed by atoms with E-state index in [1.165, 1.54) is 6.33 Å². The van der Waals surface area contributed by atoms with Crippen LogP contribution in [0.5, 0.6) is 0 Å². The van der Waals surface area contributed by atoms with Gasteiger partial charge in [0.05, 0.1) is 5.52 Å². The van der Waals surface area contributed by atoms with Crippen molar-refractivity contribution in [2.75, 3.05) is 0 Å². The number of hydrogen-bond donors (Lipinski definition) is 0. The molecule has 0 unspecified atom stereocenters. The average Bonchev–Trinajstić information content (AvgIpc) is 2.46. The largest absolute Gasteiger partial charge is 0.244 e. The van der Waals surface area contributed by atoms with Gasteiger partial charge in [-0.05, 0) is 28.1 Å². The molecule has 0 aliphatic rings. The molecular weight excluding hydrogens is 304 g/mol. The van der Waals surface area contributed by atoms with E-state index in [2.05, 4.69) is 37.0 Å². The third kappa shape index (κ3) is 2.07. The van der Waals surface area contributed by atoms with Crippen LogP contribution < -0.4 is 0 Å². The van der Waals surface area contributed by atoms with Gasteiger partial charge in [0.2, 0.25) is 0 Å². The molecule has 0 bridgehead atoms. The quantitative estimate of drug-likeness (QED) is 0.647. The first-order valence-electron chi connectivity index (χ1n) is 5.55. The first-order valence-corrected chi connectivity index (χ1v) is 6.34. The van der Waals surface area contributed by atoms with Crippen molar-refractivity contribution in [2.45, 2.75) is 0 Å². The van der Waals surface area contributed by atoms with Crippen LogP contribution >= 0.6 is 15.9 Å². The second-order valence-corrected chi connectivity index (χ2v) is 4.67. The molecule has 3 aromatic rings. The lowest BCUT2D eigenvalue weighted by atomic mass is 10.0. The second kappa shape index (κ2) is 4.75. The maximum Gasteiger partial charge on any atom is 0.149 e. The summed E-state index contributed by atoms with van der Waals surface area (Å²) < 4.78 is 0.649. The van der Waals surface area contributed by atoms with E-state index in [4.69, 9.17) is 0 Å². The number of para-hydroxylation sites is 1. The van der Waals surface area contributed by atoms with Crippen LogP contribution in [0.15, 0.2) is 47.5 Å². The van der Waals surface area contributed by atoms with Gasteiger partial charge in [-0.15, -0.1) is 0 Å². The predicted molar refractivity (Wildman–Crippen MR) is 75.2 cm³/mol. The Morgan fingerprint density at radius 2 is 2.00 bits per heavy atom. The number of rotatable bonds is 1. The summed E-state index contributed by atoms with van der Waals surface area (Å²) in [6.45, 7) is 0. The zero-order chi connectivity index (χ0) is 13.2. The number of fused-ring (bicyclic) bond motifs is 1. The summed E-state index contributed by atoms with van der Waals surface area (Å²) in [5.41, 5.74) is 2.66. The Bertz CT molecular complexity index is 808. The lowest BCUT2D eigenvalue weighted by Crippen LogP contribution is -1.93. The van der Waals surface area contributed by atoms with Crippen LogP contribution in [-0.2, 0) is 0 Å². The predicted octanol–water partition coefficient (Wildman–Crippen LogP) is 3.33. The molecule has 0 aliphatic heterocycles. The van der Waals surface area contributed by atoms with Gasteiger partial charge < -0.3 is 0 Å². The lowest BCUT2D eigenvalue weighted by molar-refractivity contribution is 1.14. The molecular formula is C14H7BrN4. The normalized spacial score (nSPS) is 10.3. The van der Waals surface area contributed by atoms with Gasteiger partial charge in [0.15, 0.2) is 0 Å². The molecule has 5 heteroatoms. The van der Waals surface area contributed by atoms with Crippen molar-refractivity contribution >= 4 is 26.8 Å². The van der Waals surface area contributed by atoms with Crippen molar-refractivity contribution in [3.05, 3.63) is 53.2 Å². The maximum atomic E-state index is 9.26. The van der Waals surface area contributed by atoms with E-state index in [9.17, 15) is 5.26 Å². The summed E-state index contributed by atoms with van der Waals surface area (Å²) in [6, 6.07) is 11.8. The fraction of sp³-hybridized carbons (Fsp3) is 0. The van der Waals surface area contributed by atoms with Crippen molar-refractivity contribution in [3.63, 3.8) is 0 Å². The standard InChI is InChI=1S/C14H7BrN4/c15-14-11(7-17-8-18-14)10-5-9-3-1-2-4-12(9)19-13(10)6-16/h1-5,7-8H. The fourth-order valence-electron chi connectivity index (χ4n) is 1.90. The summed E-state index contributed by atoms with van der Waals surface area (Å²) in [5.74, 6) is 0. The lowest BCUT2D eigenvalue weighted by Gasteiger charge is -2.06. The molecule has 1 aromatic carbocycles. The summed E-state index contributed by atoms with van der Waals surface area (Å²) in [7, 11) is 0. The van der Waals surface area contributed by atoms with Gasteiger partial charge in [0, 0.05) is 22.7 Å². The molecule has 0 spiro atoms. The highest BCUT2D eigenvalue weighted by molar-refractivity contribution is 9.10. The van der Waals surface area contributed by atoms with Gasteiger partial charge in [-0.2, -0.15) is 5.26 Å². The van der Waals surface area contributed by atoms with Crippen molar-refractivity contribution in [2.24, 2.45) is 0 Å². The van der Waals surface area contributed by atoms with Crippen molar-refractivity contribution < 1.29 is 0 Å². The molecule has 0 saturated carbocycles. The molecule has 0 saturated heterocycles. The van der Waals surface area contributed by atoms with E-state index in [1.54, 1.807) is 6.20 Å². The molecule has 19 heavy (non-hydrogen) atoms. The Kier molecular flexibility index (Phi) is 2.94. The first kappa shape index (κ1) is 11.8. The van der Waals surface area contributed by atoms with E-state index in [1.807, 2.05) is 30.3 Å². The highest BCUT2D eigenvalue weighted by Crippen LogP contribution is 2.29. The minimum atomic E-state index is 0.370. The molecule has 2 heterocycles. The monoisotopic (exact) mass is 310 g/mol. The van der Waals surface area contributed by atoms with E-state index >= 15 is 0 Å². The van der Waals surface area contributed by atoms with Gasteiger partial charge in [0.1, 0.15) is 22.7 Å². The summed E-state index contributed by atoms with van der Waals surface area (Å²) in [4.78, 5) is 12.5. The van der Waals surface area contributed by atoms with Crippen molar-refractivity contribution in [1.29, 1.82) is 5.26 Å². The number of hydrogen-bond acceptors (Lipinski definition) is 4. The number of aromatic nitrogens is 3. The number of halogens is 1. The molecule has 2 aromatic heterocycles. The Morgan fingerprint density at radius 1 is 1.16 bits per heavy atom. The van der Waals surface area contributed by atoms with Crippen LogP contribution in [-0.4, -0.2) is 15.0 Å². The number of nitriles is 1. The zero-order valence-electron chi connectivity index (χ0n) is 9.71. The maximum absolute atomic E-state index is 9.26.